The molecule has 0 radical (unpaired) electrons. The molecule has 0 spiro atoms. The summed E-state index contributed by atoms with van der Waals surface area (Å²) in [4.78, 5) is 2.17. The zero-order valence-corrected chi connectivity index (χ0v) is 14.7. The standard InChI is InChI=1S/C17H25BrFNO/c1-12-5-4-8-17(11-12,20(2)3)16(21)10-13-9-14(19)6-7-15(13)18/h6-7,9,12,16,21H,4-5,8,10-11H2,1-3H3. The van der Waals surface area contributed by atoms with Crippen LogP contribution in [0.5, 0.6) is 0 Å². The number of hydrogen-bond acceptors (Lipinski definition) is 2. The molecule has 1 saturated carbocycles. The molecule has 0 amide bonds. The van der Waals surface area contributed by atoms with Crippen LogP contribution in [0.15, 0.2) is 22.7 Å². The molecule has 0 heterocycles. The fourth-order valence-electron chi connectivity index (χ4n) is 3.67. The first-order valence-corrected chi connectivity index (χ1v) is 8.44. The zero-order chi connectivity index (χ0) is 15.6. The number of aliphatic hydroxyl groups is 1. The molecular formula is C17H25BrFNO. The van der Waals surface area contributed by atoms with Crippen LogP contribution in [0.3, 0.4) is 0 Å². The second-order valence-corrected chi connectivity index (χ2v) is 7.51. The Morgan fingerprint density at radius 1 is 1.48 bits per heavy atom. The lowest BCUT2D eigenvalue weighted by atomic mass is 9.71. The molecule has 4 heteroatoms. The maximum Gasteiger partial charge on any atom is 0.123 e. The maximum atomic E-state index is 13.4. The van der Waals surface area contributed by atoms with Crippen LogP contribution < -0.4 is 0 Å². The van der Waals surface area contributed by atoms with Crippen molar-refractivity contribution in [1.82, 2.24) is 4.90 Å². The highest BCUT2D eigenvalue weighted by Crippen LogP contribution is 2.39. The first kappa shape index (κ1) is 16.9. The Labute approximate surface area is 135 Å². The lowest BCUT2D eigenvalue weighted by Crippen LogP contribution is -2.56. The molecule has 0 aromatic heterocycles. The van der Waals surface area contributed by atoms with E-state index in [0.29, 0.717) is 12.3 Å². The van der Waals surface area contributed by atoms with Crippen LogP contribution in [0.4, 0.5) is 4.39 Å². The van der Waals surface area contributed by atoms with Crippen LogP contribution in [0.25, 0.3) is 0 Å². The van der Waals surface area contributed by atoms with Crippen LogP contribution in [0.2, 0.25) is 0 Å². The molecule has 21 heavy (non-hydrogen) atoms. The Kier molecular flexibility index (Phi) is 5.44. The Balaban J connectivity index is 2.23. The maximum absolute atomic E-state index is 13.4. The topological polar surface area (TPSA) is 23.5 Å². The molecule has 1 aromatic carbocycles. The van der Waals surface area contributed by atoms with E-state index >= 15 is 0 Å². The van der Waals surface area contributed by atoms with Crippen molar-refractivity contribution in [2.45, 2.75) is 50.7 Å². The smallest absolute Gasteiger partial charge is 0.123 e. The number of halogens is 2. The number of likely N-dealkylation sites (N-methyl/N-ethyl adjacent to an activating group) is 1. The van der Waals surface area contributed by atoms with Crippen LogP contribution in [0, 0.1) is 11.7 Å². The first-order valence-electron chi connectivity index (χ1n) is 7.64. The summed E-state index contributed by atoms with van der Waals surface area (Å²) < 4.78 is 14.3. The summed E-state index contributed by atoms with van der Waals surface area (Å²) in [7, 11) is 4.09. The van der Waals surface area contributed by atoms with E-state index in [1.165, 1.54) is 18.6 Å². The SMILES string of the molecule is CC1CCCC(C(O)Cc2cc(F)ccc2Br)(N(C)C)C1. The number of benzene rings is 1. The molecule has 1 aliphatic carbocycles. The fraction of sp³-hybridized carbons (Fsp3) is 0.647. The molecular weight excluding hydrogens is 333 g/mol. The van der Waals surface area contributed by atoms with Gasteiger partial charge in [-0.25, -0.2) is 4.39 Å². The van der Waals surface area contributed by atoms with E-state index in [0.717, 1.165) is 29.3 Å². The van der Waals surface area contributed by atoms with E-state index in [2.05, 4.69) is 27.8 Å². The number of hydrogen-bond donors (Lipinski definition) is 1. The number of nitrogens with zero attached hydrogens (tertiary/aromatic N) is 1. The van der Waals surface area contributed by atoms with Gasteiger partial charge in [0.15, 0.2) is 0 Å². The van der Waals surface area contributed by atoms with E-state index in [-0.39, 0.29) is 11.4 Å². The van der Waals surface area contributed by atoms with Crippen LogP contribution in [-0.4, -0.2) is 35.7 Å². The Hall–Kier alpha value is -0.450. The summed E-state index contributed by atoms with van der Waals surface area (Å²) in [5.74, 6) is 0.364. The van der Waals surface area contributed by atoms with Gasteiger partial charge in [-0.15, -0.1) is 0 Å². The molecule has 1 fully saturated rings. The van der Waals surface area contributed by atoms with Gasteiger partial charge in [0.25, 0.3) is 0 Å². The van der Waals surface area contributed by atoms with E-state index in [4.69, 9.17) is 0 Å². The zero-order valence-electron chi connectivity index (χ0n) is 13.1. The molecule has 1 aromatic rings. The molecule has 0 bridgehead atoms. The Bertz CT molecular complexity index is 494. The molecule has 0 saturated heterocycles. The molecule has 118 valence electrons. The van der Waals surface area contributed by atoms with Crippen molar-refractivity contribution < 1.29 is 9.50 Å². The van der Waals surface area contributed by atoms with Gasteiger partial charge in [-0.3, -0.25) is 0 Å². The Morgan fingerprint density at radius 2 is 2.19 bits per heavy atom. The van der Waals surface area contributed by atoms with Crippen molar-refractivity contribution in [2.24, 2.45) is 5.92 Å². The van der Waals surface area contributed by atoms with Crippen molar-refractivity contribution in [3.8, 4) is 0 Å². The van der Waals surface area contributed by atoms with Gasteiger partial charge in [0.2, 0.25) is 0 Å². The third kappa shape index (κ3) is 3.66. The summed E-state index contributed by atoms with van der Waals surface area (Å²) in [6.07, 6.45) is 4.34. The van der Waals surface area contributed by atoms with Gasteiger partial charge in [0.1, 0.15) is 5.82 Å². The van der Waals surface area contributed by atoms with Crippen LogP contribution in [-0.2, 0) is 6.42 Å². The van der Waals surface area contributed by atoms with Crippen molar-refractivity contribution in [2.75, 3.05) is 14.1 Å². The van der Waals surface area contributed by atoms with Crippen molar-refractivity contribution in [3.05, 3.63) is 34.1 Å². The summed E-state index contributed by atoms with van der Waals surface area (Å²) in [5.41, 5.74) is 0.630. The van der Waals surface area contributed by atoms with E-state index in [1.54, 1.807) is 6.07 Å². The second-order valence-electron chi connectivity index (χ2n) is 6.66. The second kappa shape index (κ2) is 6.76. The molecule has 3 unspecified atom stereocenters. The van der Waals surface area contributed by atoms with Crippen LogP contribution >= 0.6 is 15.9 Å². The lowest BCUT2D eigenvalue weighted by molar-refractivity contribution is -0.0425. The summed E-state index contributed by atoms with van der Waals surface area (Å²) in [6.45, 7) is 2.25. The van der Waals surface area contributed by atoms with Gasteiger partial charge in [0, 0.05) is 16.4 Å². The van der Waals surface area contributed by atoms with Gasteiger partial charge in [-0.2, -0.15) is 0 Å². The monoisotopic (exact) mass is 357 g/mol. The molecule has 2 nitrogen and oxygen atoms in total. The lowest BCUT2D eigenvalue weighted by Gasteiger charge is -2.48. The van der Waals surface area contributed by atoms with Gasteiger partial charge in [0.05, 0.1) is 6.10 Å². The third-order valence-electron chi connectivity index (χ3n) is 4.94. The van der Waals surface area contributed by atoms with Crippen LogP contribution in [0.1, 0.15) is 38.2 Å². The minimum atomic E-state index is -0.492. The van der Waals surface area contributed by atoms with E-state index in [1.807, 2.05) is 14.1 Å². The molecule has 0 aliphatic heterocycles. The minimum absolute atomic E-state index is 0.205. The Morgan fingerprint density at radius 3 is 2.81 bits per heavy atom. The van der Waals surface area contributed by atoms with E-state index < -0.39 is 6.10 Å². The normalized spacial score (nSPS) is 27.9. The third-order valence-corrected chi connectivity index (χ3v) is 5.71. The average Bonchev–Trinajstić information content (AvgIpc) is 2.42. The summed E-state index contributed by atoms with van der Waals surface area (Å²) in [5, 5.41) is 10.9. The van der Waals surface area contributed by atoms with Gasteiger partial charge < -0.3 is 10.0 Å². The highest BCUT2D eigenvalue weighted by molar-refractivity contribution is 9.10. The van der Waals surface area contributed by atoms with Gasteiger partial charge in [-0.1, -0.05) is 35.7 Å². The number of rotatable bonds is 4. The summed E-state index contributed by atoms with van der Waals surface area (Å²) in [6, 6.07) is 4.66. The average molecular weight is 358 g/mol. The highest BCUT2D eigenvalue weighted by Gasteiger charge is 2.43. The number of aliphatic hydroxyl groups excluding tert-OH is 1. The molecule has 1 aliphatic rings. The predicted octanol–water partition coefficient (Wildman–Crippen LogP) is 4.00. The highest BCUT2D eigenvalue weighted by atomic mass is 79.9. The van der Waals surface area contributed by atoms with Crippen molar-refractivity contribution in [1.29, 1.82) is 0 Å². The molecule has 1 N–H and O–H groups in total. The fourth-order valence-corrected chi connectivity index (χ4v) is 4.08. The minimum Gasteiger partial charge on any atom is -0.391 e. The molecule has 3 atom stereocenters. The van der Waals surface area contributed by atoms with Crippen molar-refractivity contribution >= 4 is 15.9 Å². The van der Waals surface area contributed by atoms with Crippen molar-refractivity contribution in [3.63, 3.8) is 0 Å². The quantitative estimate of drug-likeness (QED) is 0.879. The predicted molar refractivity (Wildman–Crippen MR) is 87.9 cm³/mol. The summed E-state index contributed by atoms with van der Waals surface area (Å²) >= 11 is 3.46. The largest absolute Gasteiger partial charge is 0.391 e. The van der Waals surface area contributed by atoms with E-state index in [9.17, 15) is 9.50 Å². The van der Waals surface area contributed by atoms with Gasteiger partial charge >= 0.3 is 0 Å². The first-order chi connectivity index (χ1) is 9.85. The molecule has 2 rings (SSSR count). The van der Waals surface area contributed by atoms with Gasteiger partial charge in [-0.05, 0) is 56.6 Å².